The summed E-state index contributed by atoms with van der Waals surface area (Å²) in [5.41, 5.74) is 0. The van der Waals surface area contributed by atoms with Crippen molar-refractivity contribution in [2.45, 2.75) is 37.9 Å². The van der Waals surface area contributed by atoms with E-state index in [0.29, 0.717) is 25.1 Å². The summed E-state index contributed by atoms with van der Waals surface area (Å²) in [5.74, 6) is 11.2. The Balaban J connectivity index is 1.70. The minimum atomic E-state index is -0.134. The van der Waals surface area contributed by atoms with Gasteiger partial charge < -0.3 is 14.4 Å². The van der Waals surface area contributed by atoms with Crippen LogP contribution in [0.5, 0.6) is 0 Å². The third-order valence-electron chi connectivity index (χ3n) is 3.99. The molecule has 2 saturated heterocycles. The molecule has 20 heavy (non-hydrogen) atoms. The minimum absolute atomic E-state index is 0.0190. The van der Waals surface area contributed by atoms with Crippen LogP contribution >= 0.6 is 0 Å². The standard InChI is InChI=1S/C11H20N6O3/c1-6-2-7(3-18-12)19-11(6)17-5-16-8-9(17)14-4-15-10(8)20-13/h4,6-9,11,16H,2-3,5,12-13H2,1H3/t6-,7-,8?,9?,11?/m0/s1. The summed E-state index contributed by atoms with van der Waals surface area (Å²) in [6.07, 6.45) is 2.26. The second-order valence-electron chi connectivity index (χ2n) is 5.31. The number of hydrogen-bond donors (Lipinski definition) is 3. The topological polar surface area (TPSA) is 120 Å². The van der Waals surface area contributed by atoms with Crippen molar-refractivity contribution >= 4 is 12.2 Å². The van der Waals surface area contributed by atoms with E-state index in [-0.39, 0.29) is 24.5 Å². The summed E-state index contributed by atoms with van der Waals surface area (Å²) >= 11 is 0. The van der Waals surface area contributed by atoms with Crippen LogP contribution in [0.1, 0.15) is 13.3 Å². The molecule has 0 spiro atoms. The molecular formula is C11H20N6O3. The van der Waals surface area contributed by atoms with Gasteiger partial charge in [0, 0.05) is 0 Å². The van der Waals surface area contributed by atoms with Gasteiger partial charge in [-0.1, -0.05) is 6.92 Å². The van der Waals surface area contributed by atoms with Crippen molar-refractivity contribution in [3.8, 4) is 0 Å². The minimum Gasteiger partial charge on any atom is -0.394 e. The van der Waals surface area contributed by atoms with E-state index in [1.54, 1.807) is 0 Å². The molecule has 5 N–H and O–H groups in total. The van der Waals surface area contributed by atoms with Crippen LogP contribution in [0.25, 0.3) is 0 Å². The van der Waals surface area contributed by atoms with Crippen LogP contribution in [0.2, 0.25) is 0 Å². The Morgan fingerprint density at radius 1 is 1.55 bits per heavy atom. The lowest BCUT2D eigenvalue weighted by atomic mass is 10.0. The molecule has 0 aliphatic carbocycles. The lowest BCUT2D eigenvalue weighted by Gasteiger charge is -2.31. The zero-order valence-electron chi connectivity index (χ0n) is 11.3. The summed E-state index contributed by atoms with van der Waals surface area (Å²) in [5, 5.41) is 3.29. The molecule has 0 aromatic heterocycles. The van der Waals surface area contributed by atoms with Crippen LogP contribution in [-0.4, -0.2) is 55.0 Å². The fourth-order valence-corrected chi connectivity index (χ4v) is 3.10. The van der Waals surface area contributed by atoms with Gasteiger partial charge in [0.25, 0.3) is 0 Å². The van der Waals surface area contributed by atoms with Crippen molar-refractivity contribution in [3.05, 3.63) is 0 Å². The quantitative estimate of drug-likeness (QED) is 0.540. The first kappa shape index (κ1) is 13.9. The summed E-state index contributed by atoms with van der Waals surface area (Å²) in [6.45, 7) is 3.19. The maximum Gasteiger partial charge on any atom is 0.235 e. The first-order chi connectivity index (χ1) is 9.74. The van der Waals surface area contributed by atoms with Gasteiger partial charge in [0.15, 0.2) is 0 Å². The molecule has 2 fully saturated rings. The Bertz CT molecular complexity index is 417. The van der Waals surface area contributed by atoms with Gasteiger partial charge in [0.1, 0.15) is 24.8 Å². The molecule has 0 radical (unpaired) electrons. The van der Waals surface area contributed by atoms with Crippen molar-refractivity contribution in [2.24, 2.45) is 27.7 Å². The number of nitrogens with one attached hydrogen (secondary N) is 1. The summed E-state index contributed by atoms with van der Waals surface area (Å²) in [7, 11) is 0. The molecule has 9 heteroatoms. The van der Waals surface area contributed by atoms with Crippen LogP contribution in [0.15, 0.2) is 9.98 Å². The molecule has 5 atom stereocenters. The summed E-state index contributed by atoms with van der Waals surface area (Å²) in [6, 6.07) is -0.134. The van der Waals surface area contributed by atoms with E-state index < -0.39 is 0 Å². The average molecular weight is 284 g/mol. The Labute approximate surface area is 116 Å². The highest BCUT2D eigenvalue weighted by Gasteiger charge is 2.47. The second kappa shape index (κ2) is 5.72. The normalized spacial score (nSPS) is 40.8. The molecule has 0 bridgehead atoms. The van der Waals surface area contributed by atoms with Crippen LogP contribution in [0.4, 0.5) is 0 Å². The number of ether oxygens (including phenoxy) is 1. The van der Waals surface area contributed by atoms with Gasteiger partial charge in [0.05, 0.1) is 19.4 Å². The third kappa shape index (κ3) is 2.32. The van der Waals surface area contributed by atoms with E-state index in [4.69, 9.17) is 21.4 Å². The lowest BCUT2D eigenvalue weighted by molar-refractivity contribution is -0.0919. The van der Waals surface area contributed by atoms with Crippen molar-refractivity contribution in [1.29, 1.82) is 0 Å². The van der Waals surface area contributed by atoms with Gasteiger partial charge in [-0.25, -0.2) is 15.8 Å². The molecule has 3 unspecified atom stereocenters. The van der Waals surface area contributed by atoms with E-state index in [0.717, 1.165) is 6.42 Å². The van der Waals surface area contributed by atoms with Gasteiger partial charge in [-0.3, -0.25) is 10.3 Å². The predicted octanol–water partition coefficient (Wildman–Crippen LogP) is -1.48. The molecule has 3 aliphatic heterocycles. The number of nitrogens with two attached hydrogens (primary N) is 2. The highest BCUT2D eigenvalue weighted by molar-refractivity contribution is 5.91. The molecule has 3 heterocycles. The monoisotopic (exact) mass is 284 g/mol. The summed E-state index contributed by atoms with van der Waals surface area (Å²) in [4.78, 5) is 20.1. The number of hydrogen-bond acceptors (Lipinski definition) is 9. The van der Waals surface area contributed by atoms with Crippen molar-refractivity contribution in [1.82, 2.24) is 10.2 Å². The Morgan fingerprint density at radius 2 is 2.40 bits per heavy atom. The van der Waals surface area contributed by atoms with E-state index in [2.05, 4.69) is 32.0 Å². The predicted molar refractivity (Wildman–Crippen MR) is 71.2 cm³/mol. The molecule has 3 rings (SSSR count). The van der Waals surface area contributed by atoms with Gasteiger partial charge >= 0.3 is 0 Å². The molecule has 9 nitrogen and oxygen atoms in total. The Morgan fingerprint density at radius 3 is 3.15 bits per heavy atom. The van der Waals surface area contributed by atoms with Crippen molar-refractivity contribution < 1.29 is 14.4 Å². The van der Waals surface area contributed by atoms with E-state index in [9.17, 15) is 0 Å². The van der Waals surface area contributed by atoms with Crippen LogP contribution in [0, 0.1) is 5.92 Å². The van der Waals surface area contributed by atoms with E-state index >= 15 is 0 Å². The highest BCUT2D eigenvalue weighted by Crippen LogP contribution is 2.32. The molecule has 0 aromatic rings. The van der Waals surface area contributed by atoms with Gasteiger partial charge in [-0.15, -0.1) is 0 Å². The molecule has 0 aromatic carbocycles. The molecular weight excluding hydrogens is 264 g/mol. The molecule has 112 valence electrons. The van der Waals surface area contributed by atoms with Gasteiger partial charge in [-0.2, -0.15) is 5.90 Å². The fourth-order valence-electron chi connectivity index (χ4n) is 3.10. The van der Waals surface area contributed by atoms with E-state index in [1.165, 1.54) is 6.34 Å². The van der Waals surface area contributed by atoms with Crippen LogP contribution in [0.3, 0.4) is 0 Å². The van der Waals surface area contributed by atoms with Crippen molar-refractivity contribution in [3.63, 3.8) is 0 Å². The second-order valence-corrected chi connectivity index (χ2v) is 5.31. The Hall–Kier alpha value is -1.10. The van der Waals surface area contributed by atoms with E-state index in [1.807, 2.05) is 0 Å². The Kier molecular flexibility index (Phi) is 3.96. The number of rotatable bonds is 3. The number of nitrogens with zero attached hydrogens (tertiary/aromatic N) is 3. The lowest BCUT2D eigenvalue weighted by Crippen LogP contribution is -2.48. The average Bonchev–Trinajstić information content (AvgIpc) is 3.02. The van der Waals surface area contributed by atoms with Crippen LogP contribution < -0.4 is 17.1 Å². The zero-order chi connectivity index (χ0) is 14.1. The first-order valence-corrected chi connectivity index (χ1v) is 6.67. The molecule has 0 saturated carbocycles. The molecule has 3 aliphatic rings. The third-order valence-corrected chi connectivity index (χ3v) is 3.99. The SMILES string of the molecule is C[C@H]1C[C@@H](CON)OC1N1CNC2C(ON)=NC=NC21. The van der Waals surface area contributed by atoms with Crippen LogP contribution in [-0.2, 0) is 14.4 Å². The maximum absolute atomic E-state index is 6.01. The number of fused-ring (bicyclic) bond motifs is 1. The summed E-state index contributed by atoms with van der Waals surface area (Å²) < 4.78 is 6.01. The smallest absolute Gasteiger partial charge is 0.235 e. The highest BCUT2D eigenvalue weighted by atomic mass is 16.6. The van der Waals surface area contributed by atoms with Crippen molar-refractivity contribution in [2.75, 3.05) is 13.3 Å². The van der Waals surface area contributed by atoms with Gasteiger partial charge in [0.2, 0.25) is 5.90 Å². The largest absolute Gasteiger partial charge is 0.394 e. The maximum atomic E-state index is 6.01. The first-order valence-electron chi connectivity index (χ1n) is 6.67. The number of aliphatic imine (C=N–C) groups is 2. The zero-order valence-corrected chi connectivity index (χ0v) is 11.3. The van der Waals surface area contributed by atoms with Gasteiger partial charge in [-0.05, 0) is 12.3 Å². The fraction of sp³-hybridized carbons (Fsp3) is 0.818. The molecule has 0 amide bonds.